The van der Waals surface area contributed by atoms with E-state index in [0.29, 0.717) is 32.2 Å². The minimum absolute atomic E-state index is 0.0890. The Bertz CT molecular complexity index is 461. The monoisotopic (exact) mass is 294 g/mol. The fourth-order valence-electron chi connectivity index (χ4n) is 3.59. The van der Waals surface area contributed by atoms with Crippen LogP contribution in [-0.2, 0) is 14.3 Å². The lowest BCUT2D eigenvalue weighted by molar-refractivity contribution is -0.160. The first-order valence-electron chi connectivity index (χ1n) is 7.43. The van der Waals surface area contributed by atoms with Gasteiger partial charge in [-0.2, -0.15) is 5.26 Å². The smallest absolute Gasteiger partial charge is 0.313 e. The normalized spacial score (nSPS) is 28.1. The lowest BCUT2D eigenvalue weighted by Gasteiger charge is -2.41. The molecule has 1 atom stereocenters. The van der Waals surface area contributed by atoms with Crippen LogP contribution in [0.15, 0.2) is 0 Å². The Kier molecular flexibility index (Phi) is 4.52. The molecule has 1 aliphatic heterocycles. The fourth-order valence-corrected chi connectivity index (χ4v) is 3.59. The van der Waals surface area contributed by atoms with Gasteiger partial charge in [0.15, 0.2) is 0 Å². The molecule has 0 aromatic heterocycles. The predicted octanol–water partition coefficient (Wildman–Crippen LogP) is 1.41. The molecule has 0 spiro atoms. The predicted molar refractivity (Wildman–Crippen MR) is 74.3 cm³/mol. The van der Waals surface area contributed by atoms with Crippen LogP contribution < -0.4 is 0 Å². The van der Waals surface area contributed by atoms with E-state index >= 15 is 0 Å². The standard InChI is InChI=1S/C15H22N2O4/c1-21-11-15(13(19)20)7-4-8-17(10-15)12(18)14(9-16)5-2-3-6-14/h2-8,10-11H2,1H3,(H,19,20)/t15-/m0/s1. The quantitative estimate of drug-likeness (QED) is 0.846. The van der Waals surface area contributed by atoms with Gasteiger partial charge in [0.05, 0.1) is 12.7 Å². The van der Waals surface area contributed by atoms with Crippen molar-refractivity contribution in [2.24, 2.45) is 10.8 Å². The molecule has 2 fully saturated rings. The Morgan fingerprint density at radius 1 is 1.29 bits per heavy atom. The summed E-state index contributed by atoms with van der Waals surface area (Å²) in [5.74, 6) is -1.12. The Morgan fingerprint density at radius 3 is 2.48 bits per heavy atom. The summed E-state index contributed by atoms with van der Waals surface area (Å²) in [4.78, 5) is 25.9. The molecule has 21 heavy (non-hydrogen) atoms. The summed E-state index contributed by atoms with van der Waals surface area (Å²) in [5, 5.41) is 18.9. The zero-order valence-electron chi connectivity index (χ0n) is 12.4. The van der Waals surface area contributed by atoms with Crippen molar-refractivity contribution in [3.8, 4) is 6.07 Å². The fraction of sp³-hybridized carbons (Fsp3) is 0.800. The van der Waals surface area contributed by atoms with Crippen LogP contribution in [0, 0.1) is 22.2 Å². The van der Waals surface area contributed by atoms with Crippen molar-refractivity contribution in [3.05, 3.63) is 0 Å². The van der Waals surface area contributed by atoms with Crippen molar-refractivity contribution in [2.75, 3.05) is 26.8 Å². The van der Waals surface area contributed by atoms with Crippen LogP contribution >= 0.6 is 0 Å². The number of carboxylic acid groups (broad SMARTS) is 1. The number of nitrogens with zero attached hydrogens (tertiary/aromatic N) is 2. The van der Waals surface area contributed by atoms with Crippen LogP contribution in [0.25, 0.3) is 0 Å². The molecule has 116 valence electrons. The number of hydrogen-bond acceptors (Lipinski definition) is 4. The van der Waals surface area contributed by atoms with E-state index in [2.05, 4.69) is 6.07 Å². The molecule has 0 unspecified atom stereocenters. The summed E-state index contributed by atoms with van der Waals surface area (Å²) >= 11 is 0. The average Bonchev–Trinajstić information content (AvgIpc) is 2.97. The van der Waals surface area contributed by atoms with Gasteiger partial charge in [-0.25, -0.2) is 0 Å². The zero-order chi connectivity index (χ0) is 15.5. The van der Waals surface area contributed by atoms with Gasteiger partial charge in [-0.15, -0.1) is 0 Å². The van der Waals surface area contributed by atoms with Crippen LogP contribution in [-0.4, -0.2) is 48.7 Å². The molecule has 6 nitrogen and oxygen atoms in total. The molecule has 0 aromatic carbocycles. The molecule has 6 heteroatoms. The van der Waals surface area contributed by atoms with Crippen molar-refractivity contribution >= 4 is 11.9 Å². The van der Waals surface area contributed by atoms with Crippen LogP contribution in [0.5, 0.6) is 0 Å². The van der Waals surface area contributed by atoms with E-state index in [1.165, 1.54) is 7.11 Å². The second kappa shape index (κ2) is 6.02. The highest BCUT2D eigenvalue weighted by molar-refractivity contribution is 5.87. The van der Waals surface area contributed by atoms with Gasteiger partial charge < -0.3 is 14.7 Å². The van der Waals surface area contributed by atoms with Crippen LogP contribution in [0.2, 0.25) is 0 Å². The van der Waals surface area contributed by atoms with Gasteiger partial charge in [-0.3, -0.25) is 9.59 Å². The van der Waals surface area contributed by atoms with Gasteiger partial charge in [0, 0.05) is 20.2 Å². The molecule has 0 radical (unpaired) electrons. The van der Waals surface area contributed by atoms with E-state index in [9.17, 15) is 20.0 Å². The lowest BCUT2D eigenvalue weighted by atomic mass is 9.78. The second-order valence-electron chi connectivity index (χ2n) is 6.25. The molecule has 2 aliphatic rings. The molecular weight excluding hydrogens is 272 g/mol. The minimum atomic E-state index is -1.04. The number of carbonyl (C=O) groups excluding carboxylic acids is 1. The lowest BCUT2D eigenvalue weighted by Crippen LogP contribution is -2.54. The Morgan fingerprint density at radius 2 is 1.95 bits per heavy atom. The number of rotatable bonds is 4. The topological polar surface area (TPSA) is 90.6 Å². The third kappa shape index (κ3) is 2.75. The second-order valence-corrected chi connectivity index (χ2v) is 6.25. The summed E-state index contributed by atoms with van der Waals surface area (Å²) in [5.41, 5.74) is -1.98. The van der Waals surface area contributed by atoms with Crippen molar-refractivity contribution in [1.82, 2.24) is 4.90 Å². The Balaban J connectivity index is 2.19. The van der Waals surface area contributed by atoms with Gasteiger partial charge in [-0.05, 0) is 25.7 Å². The van der Waals surface area contributed by atoms with Gasteiger partial charge in [0.2, 0.25) is 5.91 Å². The van der Waals surface area contributed by atoms with E-state index in [-0.39, 0.29) is 19.1 Å². The number of hydrogen-bond donors (Lipinski definition) is 1. The van der Waals surface area contributed by atoms with E-state index in [0.717, 1.165) is 12.8 Å². The molecule has 2 rings (SSSR count). The number of carboxylic acids is 1. The maximum atomic E-state index is 12.7. The molecule has 1 heterocycles. The highest BCUT2D eigenvalue weighted by Crippen LogP contribution is 2.41. The Hall–Kier alpha value is -1.61. The molecule has 1 amide bonds. The summed E-state index contributed by atoms with van der Waals surface area (Å²) in [7, 11) is 1.47. The van der Waals surface area contributed by atoms with Gasteiger partial charge in [0.25, 0.3) is 0 Å². The van der Waals surface area contributed by atoms with Crippen LogP contribution in [0.4, 0.5) is 0 Å². The van der Waals surface area contributed by atoms with Gasteiger partial charge >= 0.3 is 5.97 Å². The van der Waals surface area contributed by atoms with Gasteiger partial charge in [0.1, 0.15) is 10.8 Å². The van der Waals surface area contributed by atoms with Gasteiger partial charge in [-0.1, -0.05) is 12.8 Å². The van der Waals surface area contributed by atoms with E-state index in [1.807, 2.05) is 0 Å². The zero-order valence-corrected chi connectivity index (χ0v) is 12.4. The SMILES string of the molecule is COC[C@]1(C(=O)O)CCCN(C(=O)C2(C#N)CCCC2)C1. The summed E-state index contributed by atoms with van der Waals surface area (Å²) in [6.45, 7) is 0.755. The summed E-state index contributed by atoms with van der Waals surface area (Å²) in [6.07, 6.45) is 4.07. The maximum Gasteiger partial charge on any atom is 0.313 e. The highest BCUT2D eigenvalue weighted by Gasteiger charge is 2.49. The number of ether oxygens (including phenoxy) is 1. The first-order valence-corrected chi connectivity index (χ1v) is 7.43. The number of likely N-dealkylation sites (tertiary alicyclic amines) is 1. The third-order valence-electron chi connectivity index (χ3n) is 4.82. The number of methoxy groups -OCH3 is 1. The van der Waals surface area contributed by atoms with Crippen LogP contribution in [0.1, 0.15) is 38.5 Å². The highest BCUT2D eigenvalue weighted by atomic mass is 16.5. The number of nitriles is 1. The summed E-state index contributed by atoms with van der Waals surface area (Å²) in [6, 6.07) is 2.19. The molecular formula is C15H22N2O4. The maximum absolute atomic E-state index is 12.7. The molecule has 0 bridgehead atoms. The Labute approximate surface area is 124 Å². The van der Waals surface area contributed by atoms with Crippen molar-refractivity contribution in [2.45, 2.75) is 38.5 Å². The number of carbonyl (C=O) groups is 2. The number of amides is 1. The molecule has 1 saturated carbocycles. The van der Waals surface area contributed by atoms with Crippen LogP contribution in [0.3, 0.4) is 0 Å². The number of piperidine rings is 1. The molecule has 0 aromatic rings. The largest absolute Gasteiger partial charge is 0.481 e. The first kappa shape index (κ1) is 15.8. The molecule has 1 aliphatic carbocycles. The first-order chi connectivity index (χ1) is 9.99. The molecule has 1 N–H and O–H groups in total. The van der Waals surface area contributed by atoms with Crippen molar-refractivity contribution in [1.29, 1.82) is 5.26 Å². The van der Waals surface area contributed by atoms with E-state index in [1.54, 1.807) is 4.90 Å². The molecule has 1 saturated heterocycles. The van der Waals surface area contributed by atoms with E-state index in [4.69, 9.17) is 4.74 Å². The van der Waals surface area contributed by atoms with Crippen molar-refractivity contribution in [3.63, 3.8) is 0 Å². The summed E-state index contributed by atoms with van der Waals surface area (Å²) < 4.78 is 5.07. The number of aliphatic carboxylic acids is 1. The third-order valence-corrected chi connectivity index (χ3v) is 4.82. The van der Waals surface area contributed by atoms with Crippen molar-refractivity contribution < 1.29 is 19.4 Å². The van der Waals surface area contributed by atoms with E-state index < -0.39 is 16.8 Å². The average molecular weight is 294 g/mol. The minimum Gasteiger partial charge on any atom is -0.481 e.